The maximum Gasteiger partial charge on any atom is 0.288 e. The van der Waals surface area contributed by atoms with E-state index in [1.807, 2.05) is 24.3 Å². The molecule has 7 nitrogen and oxygen atoms in total. The van der Waals surface area contributed by atoms with Gasteiger partial charge in [0.2, 0.25) is 0 Å². The molecule has 0 saturated carbocycles. The van der Waals surface area contributed by atoms with Crippen molar-refractivity contribution in [3.8, 4) is 5.75 Å². The molecular weight excluding hydrogens is 332 g/mol. The molecule has 1 N–H and O–H groups in total. The highest BCUT2D eigenvalue weighted by molar-refractivity contribution is 6.33. The lowest BCUT2D eigenvalue weighted by Gasteiger charge is -2.11. The Hall–Kier alpha value is -2.93. The number of ether oxygens (including phenoxy) is 1. The average molecular weight is 345 g/mol. The van der Waals surface area contributed by atoms with Crippen LogP contribution in [0.4, 0.5) is 11.5 Å². The number of nitrogens with zero attached hydrogens (tertiary/aromatic N) is 3. The third kappa shape index (κ3) is 3.07. The van der Waals surface area contributed by atoms with Crippen LogP contribution in [-0.2, 0) is 6.54 Å². The molecule has 24 heavy (non-hydrogen) atoms. The Bertz CT molecular complexity index is 917. The molecule has 0 unspecified atom stereocenters. The monoisotopic (exact) mass is 344 g/mol. The molecule has 0 aliphatic carbocycles. The maximum absolute atomic E-state index is 11.1. The second-order valence-electron chi connectivity index (χ2n) is 4.97. The van der Waals surface area contributed by atoms with E-state index in [0.29, 0.717) is 23.3 Å². The third-order valence-electron chi connectivity index (χ3n) is 3.54. The van der Waals surface area contributed by atoms with Crippen LogP contribution in [0.15, 0.2) is 42.7 Å². The molecular formula is C16H13ClN4O3. The molecule has 0 atom stereocenters. The molecule has 1 aromatic heterocycles. The van der Waals surface area contributed by atoms with E-state index in [9.17, 15) is 10.1 Å². The second kappa shape index (κ2) is 6.67. The van der Waals surface area contributed by atoms with Gasteiger partial charge in [-0.05, 0) is 12.1 Å². The Labute approximate surface area is 142 Å². The van der Waals surface area contributed by atoms with Crippen LogP contribution < -0.4 is 10.1 Å². The number of nitro benzene ring substituents is 1. The number of anilines is 1. The smallest absolute Gasteiger partial charge is 0.288 e. The molecule has 3 aromatic rings. The van der Waals surface area contributed by atoms with Gasteiger partial charge in [-0.3, -0.25) is 10.1 Å². The summed E-state index contributed by atoms with van der Waals surface area (Å²) in [5.74, 6) is 1.24. The first-order valence-electron chi connectivity index (χ1n) is 7.04. The fourth-order valence-electron chi connectivity index (χ4n) is 2.37. The van der Waals surface area contributed by atoms with Crippen LogP contribution in [-0.4, -0.2) is 22.0 Å². The van der Waals surface area contributed by atoms with Crippen molar-refractivity contribution in [2.75, 3.05) is 12.4 Å². The van der Waals surface area contributed by atoms with Gasteiger partial charge in [-0.1, -0.05) is 29.8 Å². The number of benzene rings is 2. The number of nitrogens with one attached hydrogen (secondary N) is 1. The Morgan fingerprint density at radius 1 is 1.29 bits per heavy atom. The summed E-state index contributed by atoms with van der Waals surface area (Å²) < 4.78 is 5.31. The number of hydrogen-bond donors (Lipinski definition) is 1. The van der Waals surface area contributed by atoms with E-state index in [0.717, 1.165) is 11.3 Å². The highest BCUT2D eigenvalue weighted by Gasteiger charge is 2.16. The number of methoxy groups -OCH3 is 1. The lowest BCUT2D eigenvalue weighted by atomic mass is 10.2. The lowest BCUT2D eigenvalue weighted by molar-refractivity contribution is -0.384. The summed E-state index contributed by atoms with van der Waals surface area (Å²) in [5.41, 5.74) is 1.29. The van der Waals surface area contributed by atoms with Gasteiger partial charge < -0.3 is 10.1 Å². The van der Waals surface area contributed by atoms with Crippen LogP contribution in [0.25, 0.3) is 10.9 Å². The van der Waals surface area contributed by atoms with Crippen LogP contribution in [0.5, 0.6) is 5.75 Å². The molecule has 122 valence electrons. The van der Waals surface area contributed by atoms with E-state index in [4.69, 9.17) is 16.3 Å². The Morgan fingerprint density at radius 3 is 2.83 bits per heavy atom. The summed E-state index contributed by atoms with van der Waals surface area (Å²) in [4.78, 5) is 18.8. The zero-order chi connectivity index (χ0) is 17.1. The van der Waals surface area contributed by atoms with Crippen molar-refractivity contribution in [2.24, 2.45) is 0 Å². The number of hydrogen-bond acceptors (Lipinski definition) is 6. The first-order valence-corrected chi connectivity index (χ1v) is 7.42. The lowest BCUT2D eigenvalue weighted by Crippen LogP contribution is -2.04. The Morgan fingerprint density at radius 2 is 2.08 bits per heavy atom. The molecule has 0 bridgehead atoms. The minimum absolute atomic E-state index is 0.0434. The van der Waals surface area contributed by atoms with Crippen molar-refractivity contribution in [1.29, 1.82) is 0 Å². The summed E-state index contributed by atoms with van der Waals surface area (Å²) in [5, 5.41) is 14.8. The Kier molecular flexibility index (Phi) is 4.43. The normalized spacial score (nSPS) is 10.6. The summed E-state index contributed by atoms with van der Waals surface area (Å²) in [6, 6.07) is 10.4. The number of fused-ring (bicyclic) bond motifs is 1. The summed E-state index contributed by atoms with van der Waals surface area (Å²) in [6.07, 6.45) is 1.38. The highest BCUT2D eigenvalue weighted by Crippen LogP contribution is 2.31. The van der Waals surface area contributed by atoms with Gasteiger partial charge in [0.25, 0.3) is 5.69 Å². The number of rotatable bonds is 5. The number of halogens is 1. The minimum atomic E-state index is -0.529. The average Bonchev–Trinajstić information content (AvgIpc) is 2.59. The molecule has 2 aromatic carbocycles. The van der Waals surface area contributed by atoms with E-state index in [1.165, 1.54) is 18.5 Å². The molecule has 3 rings (SSSR count). The van der Waals surface area contributed by atoms with Crippen LogP contribution in [0.1, 0.15) is 5.56 Å². The van der Waals surface area contributed by atoms with E-state index in [-0.39, 0.29) is 10.7 Å². The second-order valence-corrected chi connectivity index (χ2v) is 5.37. The third-order valence-corrected chi connectivity index (χ3v) is 3.84. The van der Waals surface area contributed by atoms with Crippen molar-refractivity contribution in [3.05, 3.63) is 63.4 Å². The van der Waals surface area contributed by atoms with Crippen molar-refractivity contribution in [1.82, 2.24) is 9.97 Å². The molecule has 0 fully saturated rings. The predicted molar refractivity (Wildman–Crippen MR) is 91.5 cm³/mol. The molecule has 0 aliphatic heterocycles. The molecule has 0 radical (unpaired) electrons. The van der Waals surface area contributed by atoms with Crippen LogP contribution in [0, 0.1) is 10.1 Å². The summed E-state index contributed by atoms with van der Waals surface area (Å²) >= 11 is 5.92. The van der Waals surface area contributed by atoms with E-state index < -0.39 is 4.92 Å². The van der Waals surface area contributed by atoms with E-state index in [1.54, 1.807) is 7.11 Å². The molecule has 0 spiro atoms. The van der Waals surface area contributed by atoms with Crippen LogP contribution in [0.2, 0.25) is 5.02 Å². The molecule has 8 heteroatoms. The minimum Gasteiger partial charge on any atom is -0.496 e. The quantitative estimate of drug-likeness (QED) is 0.559. The van der Waals surface area contributed by atoms with Crippen LogP contribution >= 0.6 is 11.6 Å². The van der Waals surface area contributed by atoms with Gasteiger partial charge >= 0.3 is 0 Å². The molecule has 0 aliphatic rings. The van der Waals surface area contributed by atoms with E-state index >= 15 is 0 Å². The van der Waals surface area contributed by atoms with Gasteiger partial charge in [0.15, 0.2) is 0 Å². The largest absolute Gasteiger partial charge is 0.496 e. The fraction of sp³-hybridized carbons (Fsp3) is 0.125. The SMILES string of the molecule is COc1ccccc1CNc1ncnc2cc(Cl)c([N+](=O)[O-])cc12. The Balaban J connectivity index is 1.97. The van der Waals surface area contributed by atoms with Gasteiger partial charge in [0.05, 0.1) is 17.5 Å². The van der Waals surface area contributed by atoms with Crippen molar-refractivity contribution < 1.29 is 9.66 Å². The molecule has 0 amide bonds. The fourth-order valence-corrected chi connectivity index (χ4v) is 2.60. The van der Waals surface area contributed by atoms with Gasteiger partial charge in [0, 0.05) is 23.6 Å². The first-order chi connectivity index (χ1) is 11.6. The number of nitro groups is 1. The first kappa shape index (κ1) is 15.9. The standard InChI is InChI=1S/C16H13ClN4O3/c1-24-15-5-3-2-4-10(15)8-18-16-11-6-14(21(22)23)12(17)7-13(11)19-9-20-16/h2-7,9H,8H2,1H3,(H,18,19,20). The number of para-hydroxylation sites is 1. The van der Waals surface area contributed by atoms with Gasteiger partial charge in [-0.25, -0.2) is 9.97 Å². The van der Waals surface area contributed by atoms with Crippen molar-refractivity contribution in [2.45, 2.75) is 6.54 Å². The van der Waals surface area contributed by atoms with Crippen molar-refractivity contribution in [3.63, 3.8) is 0 Å². The summed E-state index contributed by atoms with van der Waals surface area (Å²) in [6.45, 7) is 0.451. The number of aromatic nitrogens is 2. The molecule has 1 heterocycles. The molecule has 0 saturated heterocycles. The van der Waals surface area contributed by atoms with E-state index in [2.05, 4.69) is 15.3 Å². The van der Waals surface area contributed by atoms with Crippen molar-refractivity contribution >= 4 is 34.0 Å². The van der Waals surface area contributed by atoms with Gasteiger partial charge in [-0.15, -0.1) is 0 Å². The van der Waals surface area contributed by atoms with Crippen LogP contribution in [0.3, 0.4) is 0 Å². The zero-order valence-electron chi connectivity index (χ0n) is 12.7. The predicted octanol–water partition coefficient (Wildman–Crippen LogP) is 3.81. The van der Waals surface area contributed by atoms with Gasteiger partial charge in [-0.2, -0.15) is 0 Å². The van der Waals surface area contributed by atoms with Gasteiger partial charge in [0.1, 0.15) is 22.9 Å². The summed E-state index contributed by atoms with van der Waals surface area (Å²) in [7, 11) is 1.60. The zero-order valence-corrected chi connectivity index (χ0v) is 13.4. The topological polar surface area (TPSA) is 90.2 Å². The maximum atomic E-state index is 11.1. The highest BCUT2D eigenvalue weighted by atomic mass is 35.5.